The fraction of sp³-hybridized carbons (Fsp3) is 0.400. The summed E-state index contributed by atoms with van der Waals surface area (Å²) in [5, 5.41) is 0. The van der Waals surface area contributed by atoms with Gasteiger partial charge in [0.2, 0.25) is 0 Å². The van der Waals surface area contributed by atoms with E-state index in [0.29, 0.717) is 19.6 Å². The molecule has 10 heteroatoms. The van der Waals surface area contributed by atoms with Crippen LogP contribution in [0.15, 0.2) is 48.5 Å². The molecule has 0 N–H and O–H groups in total. The molecule has 0 saturated carbocycles. The molecule has 190 valence electrons. The van der Waals surface area contributed by atoms with Gasteiger partial charge < -0.3 is 18.9 Å². The van der Waals surface area contributed by atoms with Gasteiger partial charge in [-0.3, -0.25) is 9.59 Å². The standard InChI is InChI=1S/C25H27F3O7/c1-18(29)32-16-4-2-3-5-17-33-23(30)15-8-19-6-11-21(12-7-19)34-24(31)20-9-13-22(14-10-20)35-25(26,27)28/h6-7,9-14H,2-5,8,15-17H2,1H3. The topological polar surface area (TPSA) is 88.1 Å². The number of rotatable bonds is 13. The molecule has 0 heterocycles. The highest BCUT2D eigenvalue weighted by molar-refractivity contribution is 5.91. The van der Waals surface area contributed by atoms with E-state index in [2.05, 4.69) is 4.74 Å². The van der Waals surface area contributed by atoms with Gasteiger partial charge in [0.15, 0.2) is 0 Å². The number of unbranched alkanes of at least 4 members (excludes halogenated alkanes) is 3. The lowest BCUT2D eigenvalue weighted by molar-refractivity contribution is -0.274. The summed E-state index contributed by atoms with van der Waals surface area (Å²) in [6, 6.07) is 10.9. The second-order valence-corrected chi connectivity index (χ2v) is 7.58. The van der Waals surface area contributed by atoms with Gasteiger partial charge in [0.1, 0.15) is 11.5 Å². The highest BCUT2D eigenvalue weighted by Gasteiger charge is 2.31. The monoisotopic (exact) mass is 496 g/mol. The van der Waals surface area contributed by atoms with Crippen LogP contribution in [0.4, 0.5) is 13.2 Å². The summed E-state index contributed by atoms with van der Waals surface area (Å²) >= 11 is 0. The average molecular weight is 496 g/mol. The van der Waals surface area contributed by atoms with Crippen molar-refractivity contribution in [2.75, 3.05) is 13.2 Å². The summed E-state index contributed by atoms with van der Waals surface area (Å²) in [5.74, 6) is -1.51. The third-order valence-corrected chi connectivity index (χ3v) is 4.68. The first-order valence-electron chi connectivity index (χ1n) is 11.1. The van der Waals surface area contributed by atoms with Gasteiger partial charge in [0.25, 0.3) is 0 Å². The van der Waals surface area contributed by atoms with E-state index in [1.54, 1.807) is 24.3 Å². The van der Waals surface area contributed by atoms with Gasteiger partial charge in [0.05, 0.1) is 18.8 Å². The van der Waals surface area contributed by atoms with Crippen LogP contribution in [-0.2, 0) is 25.5 Å². The molecule has 0 saturated heterocycles. The van der Waals surface area contributed by atoms with E-state index in [9.17, 15) is 27.6 Å². The van der Waals surface area contributed by atoms with Crippen LogP contribution in [0, 0.1) is 0 Å². The molecule has 7 nitrogen and oxygen atoms in total. The number of carbonyl (C=O) groups is 3. The quantitative estimate of drug-likeness (QED) is 0.208. The molecule has 0 atom stereocenters. The molecular formula is C25H27F3O7. The van der Waals surface area contributed by atoms with Crippen LogP contribution >= 0.6 is 0 Å². The molecule has 0 radical (unpaired) electrons. The van der Waals surface area contributed by atoms with Crippen LogP contribution in [0.25, 0.3) is 0 Å². The Morgan fingerprint density at radius 1 is 0.771 bits per heavy atom. The van der Waals surface area contributed by atoms with Crippen molar-refractivity contribution in [1.82, 2.24) is 0 Å². The van der Waals surface area contributed by atoms with E-state index in [1.165, 1.54) is 19.1 Å². The van der Waals surface area contributed by atoms with E-state index >= 15 is 0 Å². The number of hydrogen-bond acceptors (Lipinski definition) is 7. The van der Waals surface area contributed by atoms with E-state index in [4.69, 9.17) is 14.2 Å². The molecular weight excluding hydrogens is 469 g/mol. The molecule has 0 aliphatic heterocycles. The second kappa shape index (κ2) is 14.0. The van der Waals surface area contributed by atoms with Crippen molar-refractivity contribution in [3.05, 3.63) is 59.7 Å². The SMILES string of the molecule is CC(=O)OCCCCCCOC(=O)CCc1ccc(OC(=O)c2ccc(OC(F)(F)F)cc2)cc1. The largest absolute Gasteiger partial charge is 0.573 e. The lowest BCUT2D eigenvalue weighted by Crippen LogP contribution is -2.17. The van der Waals surface area contributed by atoms with Gasteiger partial charge in [-0.25, -0.2) is 4.79 Å². The van der Waals surface area contributed by atoms with Gasteiger partial charge in [-0.2, -0.15) is 0 Å². The smallest absolute Gasteiger partial charge is 0.466 e. The Morgan fingerprint density at radius 3 is 1.91 bits per heavy atom. The lowest BCUT2D eigenvalue weighted by Gasteiger charge is -2.09. The molecule has 2 aromatic rings. The summed E-state index contributed by atoms with van der Waals surface area (Å²) in [5.41, 5.74) is 0.914. The van der Waals surface area contributed by atoms with Gasteiger partial charge >= 0.3 is 24.3 Å². The molecule has 0 amide bonds. The Labute approximate surface area is 201 Å². The summed E-state index contributed by atoms with van der Waals surface area (Å²) in [6.07, 6.45) is -0.867. The number of alkyl halides is 3. The minimum absolute atomic E-state index is 0.0655. The van der Waals surface area contributed by atoms with Gasteiger partial charge in [-0.1, -0.05) is 12.1 Å². The Bertz CT molecular complexity index is 955. The second-order valence-electron chi connectivity index (χ2n) is 7.58. The molecule has 0 fully saturated rings. The fourth-order valence-electron chi connectivity index (χ4n) is 2.96. The number of esters is 3. The van der Waals surface area contributed by atoms with E-state index < -0.39 is 18.1 Å². The zero-order valence-electron chi connectivity index (χ0n) is 19.3. The third-order valence-electron chi connectivity index (χ3n) is 4.68. The van der Waals surface area contributed by atoms with E-state index in [0.717, 1.165) is 43.4 Å². The number of carbonyl (C=O) groups excluding carboxylic acids is 3. The van der Waals surface area contributed by atoms with Crippen LogP contribution in [0.3, 0.4) is 0 Å². The lowest BCUT2D eigenvalue weighted by atomic mass is 10.1. The average Bonchev–Trinajstić information content (AvgIpc) is 2.79. The first-order valence-corrected chi connectivity index (χ1v) is 11.1. The summed E-state index contributed by atoms with van der Waals surface area (Å²) in [4.78, 5) is 34.7. The van der Waals surface area contributed by atoms with Crippen molar-refractivity contribution >= 4 is 17.9 Å². The number of aryl methyl sites for hydroxylation is 1. The molecule has 0 aliphatic carbocycles. The first-order chi connectivity index (χ1) is 16.6. The Kier molecular flexibility index (Phi) is 11.1. The Hall–Kier alpha value is -3.56. The molecule has 2 rings (SSSR count). The predicted molar refractivity (Wildman–Crippen MR) is 119 cm³/mol. The molecule has 2 aromatic carbocycles. The van der Waals surface area contributed by atoms with Crippen LogP contribution < -0.4 is 9.47 Å². The van der Waals surface area contributed by atoms with Crippen LogP contribution in [0.5, 0.6) is 11.5 Å². The number of benzene rings is 2. The molecule has 0 aromatic heterocycles. The summed E-state index contributed by atoms with van der Waals surface area (Å²) < 4.78 is 55.6. The van der Waals surface area contributed by atoms with Crippen molar-refractivity contribution in [2.24, 2.45) is 0 Å². The minimum Gasteiger partial charge on any atom is -0.466 e. The molecule has 0 aliphatic rings. The van der Waals surface area contributed by atoms with Gasteiger partial charge in [0, 0.05) is 13.3 Å². The minimum atomic E-state index is -4.81. The van der Waals surface area contributed by atoms with Crippen molar-refractivity contribution < 1.29 is 46.5 Å². The van der Waals surface area contributed by atoms with Crippen molar-refractivity contribution in [2.45, 2.75) is 51.8 Å². The Morgan fingerprint density at radius 2 is 1.34 bits per heavy atom. The number of ether oxygens (including phenoxy) is 4. The van der Waals surface area contributed by atoms with Crippen LogP contribution in [0.1, 0.15) is 54.9 Å². The predicted octanol–water partition coefficient (Wildman–Crippen LogP) is 5.40. The zero-order chi connectivity index (χ0) is 25.7. The molecule has 35 heavy (non-hydrogen) atoms. The number of hydrogen-bond donors (Lipinski definition) is 0. The zero-order valence-corrected chi connectivity index (χ0v) is 19.3. The van der Waals surface area contributed by atoms with Crippen LogP contribution in [-0.4, -0.2) is 37.5 Å². The maximum Gasteiger partial charge on any atom is 0.573 e. The van der Waals surface area contributed by atoms with E-state index in [-0.39, 0.29) is 29.7 Å². The maximum atomic E-state index is 12.2. The molecule has 0 bridgehead atoms. The van der Waals surface area contributed by atoms with Crippen LogP contribution in [0.2, 0.25) is 0 Å². The number of halogens is 3. The fourth-order valence-corrected chi connectivity index (χ4v) is 2.96. The summed E-state index contributed by atoms with van der Waals surface area (Å²) in [7, 11) is 0. The summed E-state index contributed by atoms with van der Waals surface area (Å²) in [6.45, 7) is 2.11. The van der Waals surface area contributed by atoms with Crippen molar-refractivity contribution in [1.29, 1.82) is 0 Å². The first kappa shape index (κ1) is 27.7. The highest BCUT2D eigenvalue weighted by Crippen LogP contribution is 2.23. The third kappa shape index (κ3) is 11.9. The van der Waals surface area contributed by atoms with E-state index in [1.807, 2.05) is 0 Å². The van der Waals surface area contributed by atoms with Gasteiger partial charge in [-0.05, 0) is 74.1 Å². The molecule has 0 spiro atoms. The maximum absolute atomic E-state index is 12.2. The normalized spacial score (nSPS) is 11.0. The van der Waals surface area contributed by atoms with Crippen molar-refractivity contribution in [3.8, 4) is 11.5 Å². The molecule has 0 unspecified atom stereocenters. The Balaban J connectivity index is 1.66. The van der Waals surface area contributed by atoms with Gasteiger partial charge in [-0.15, -0.1) is 13.2 Å². The highest BCUT2D eigenvalue weighted by atomic mass is 19.4. The van der Waals surface area contributed by atoms with Crippen molar-refractivity contribution in [3.63, 3.8) is 0 Å².